The zero-order valence-electron chi connectivity index (χ0n) is 16.9. The fourth-order valence-corrected chi connectivity index (χ4v) is 3.68. The quantitative estimate of drug-likeness (QED) is 0.601. The summed E-state index contributed by atoms with van der Waals surface area (Å²) in [6.45, 7) is 3.51. The lowest BCUT2D eigenvalue weighted by molar-refractivity contribution is -0.137. The van der Waals surface area contributed by atoms with E-state index in [1.54, 1.807) is 32.0 Å². The molecule has 0 spiro atoms. The van der Waals surface area contributed by atoms with Crippen LogP contribution in [0.15, 0.2) is 48.7 Å². The van der Waals surface area contributed by atoms with Gasteiger partial charge in [-0.05, 0) is 49.2 Å². The third-order valence-electron chi connectivity index (χ3n) is 4.67. The van der Waals surface area contributed by atoms with E-state index in [0.717, 1.165) is 24.0 Å². The van der Waals surface area contributed by atoms with E-state index in [9.17, 15) is 26.4 Å². The first-order chi connectivity index (χ1) is 14.3. The molecule has 0 saturated carbocycles. The number of benzene rings is 2. The van der Waals surface area contributed by atoms with Crippen LogP contribution in [0.5, 0.6) is 0 Å². The third kappa shape index (κ3) is 5.52. The SMILES string of the molecule is Cc1cc([C@@H](C)NC(=O)c2cnc3cc(C(F)(F)F)ccc3c2)ccc1NS(C)(=O)=O. The van der Waals surface area contributed by atoms with Gasteiger partial charge < -0.3 is 5.32 Å². The highest BCUT2D eigenvalue weighted by Crippen LogP contribution is 2.31. The zero-order valence-corrected chi connectivity index (χ0v) is 17.7. The lowest BCUT2D eigenvalue weighted by Gasteiger charge is -2.17. The molecule has 1 aromatic heterocycles. The van der Waals surface area contributed by atoms with Gasteiger partial charge in [-0.15, -0.1) is 0 Å². The van der Waals surface area contributed by atoms with Crippen molar-refractivity contribution in [2.45, 2.75) is 26.1 Å². The minimum absolute atomic E-state index is 0.143. The molecule has 0 saturated heterocycles. The van der Waals surface area contributed by atoms with Crippen LogP contribution in [0, 0.1) is 6.92 Å². The van der Waals surface area contributed by atoms with Crippen molar-refractivity contribution >= 4 is 32.5 Å². The highest BCUT2D eigenvalue weighted by atomic mass is 32.2. The normalized spacial score (nSPS) is 13.1. The largest absolute Gasteiger partial charge is 0.416 e. The molecule has 0 radical (unpaired) electrons. The Morgan fingerprint density at radius 3 is 2.42 bits per heavy atom. The summed E-state index contributed by atoms with van der Waals surface area (Å²) in [5.41, 5.74) is 1.45. The van der Waals surface area contributed by atoms with Crippen molar-refractivity contribution in [1.29, 1.82) is 0 Å². The minimum atomic E-state index is -4.47. The number of nitrogens with zero attached hydrogens (tertiary/aromatic N) is 1. The van der Waals surface area contributed by atoms with E-state index in [2.05, 4.69) is 15.0 Å². The summed E-state index contributed by atoms with van der Waals surface area (Å²) >= 11 is 0. The summed E-state index contributed by atoms with van der Waals surface area (Å²) in [5, 5.41) is 3.23. The first-order valence-electron chi connectivity index (χ1n) is 9.20. The molecule has 3 rings (SSSR count). The predicted octanol–water partition coefficient (Wildman–Crippen LogP) is 4.42. The van der Waals surface area contributed by atoms with E-state index >= 15 is 0 Å². The van der Waals surface area contributed by atoms with Crippen molar-refractivity contribution in [3.8, 4) is 0 Å². The molecule has 1 heterocycles. The van der Waals surface area contributed by atoms with Gasteiger partial charge in [0.1, 0.15) is 0 Å². The Morgan fingerprint density at radius 2 is 1.81 bits per heavy atom. The molecular weight excluding hydrogens is 431 g/mol. The van der Waals surface area contributed by atoms with Crippen molar-refractivity contribution in [2.24, 2.45) is 0 Å². The molecule has 3 aromatic rings. The summed E-state index contributed by atoms with van der Waals surface area (Å²) < 4.78 is 63.7. The number of hydrogen-bond acceptors (Lipinski definition) is 4. The number of sulfonamides is 1. The molecule has 0 aliphatic heterocycles. The van der Waals surface area contributed by atoms with E-state index in [-0.39, 0.29) is 11.1 Å². The number of alkyl halides is 3. The molecule has 1 amide bonds. The molecule has 164 valence electrons. The summed E-state index contributed by atoms with van der Waals surface area (Å²) in [4.78, 5) is 16.6. The number of aryl methyl sites for hydroxylation is 1. The first kappa shape index (κ1) is 22.5. The van der Waals surface area contributed by atoms with Gasteiger partial charge in [0.2, 0.25) is 10.0 Å². The maximum absolute atomic E-state index is 12.8. The number of anilines is 1. The number of hydrogen-bond donors (Lipinski definition) is 2. The van der Waals surface area contributed by atoms with Crippen LogP contribution in [-0.4, -0.2) is 25.6 Å². The van der Waals surface area contributed by atoms with Gasteiger partial charge in [-0.1, -0.05) is 18.2 Å². The molecule has 0 bridgehead atoms. The second kappa shape index (κ2) is 8.18. The number of carbonyl (C=O) groups excluding carboxylic acids is 1. The molecule has 6 nitrogen and oxygen atoms in total. The maximum atomic E-state index is 12.8. The van der Waals surface area contributed by atoms with E-state index < -0.39 is 33.7 Å². The average molecular weight is 451 g/mol. The number of fused-ring (bicyclic) bond motifs is 1. The number of pyridine rings is 1. The van der Waals surface area contributed by atoms with Crippen molar-refractivity contribution in [1.82, 2.24) is 10.3 Å². The highest BCUT2D eigenvalue weighted by molar-refractivity contribution is 7.92. The van der Waals surface area contributed by atoms with E-state index in [1.807, 2.05) is 0 Å². The zero-order chi connectivity index (χ0) is 23.0. The molecule has 10 heteroatoms. The Morgan fingerprint density at radius 1 is 1.10 bits per heavy atom. The van der Waals surface area contributed by atoms with Crippen molar-refractivity contribution < 1.29 is 26.4 Å². The monoisotopic (exact) mass is 451 g/mol. The van der Waals surface area contributed by atoms with Crippen LogP contribution < -0.4 is 10.0 Å². The van der Waals surface area contributed by atoms with Crippen LogP contribution >= 0.6 is 0 Å². The first-order valence-corrected chi connectivity index (χ1v) is 11.1. The summed E-state index contributed by atoms with van der Waals surface area (Å²) in [7, 11) is -3.41. The van der Waals surface area contributed by atoms with Crippen molar-refractivity contribution in [3.05, 3.63) is 70.9 Å². The molecular formula is C21H20F3N3O3S. The van der Waals surface area contributed by atoms with Gasteiger partial charge in [0.15, 0.2) is 0 Å². The number of nitrogens with one attached hydrogen (secondary N) is 2. The van der Waals surface area contributed by atoms with Gasteiger partial charge in [-0.3, -0.25) is 14.5 Å². The Bertz CT molecular complexity index is 1260. The predicted molar refractivity (Wildman–Crippen MR) is 112 cm³/mol. The molecule has 0 unspecified atom stereocenters. The fourth-order valence-electron chi connectivity index (χ4n) is 3.06. The Hall–Kier alpha value is -3.14. The van der Waals surface area contributed by atoms with Gasteiger partial charge in [0, 0.05) is 11.6 Å². The second-order valence-electron chi connectivity index (χ2n) is 7.27. The van der Waals surface area contributed by atoms with Crippen LogP contribution in [0.4, 0.5) is 18.9 Å². The standard InChI is InChI=1S/C21H20F3N3O3S/c1-12-8-14(5-7-18(12)27-31(3,29)30)13(2)26-20(28)16-9-15-4-6-17(21(22,23)24)10-19(15)25-11-16/h4-11,13,27H,1-3H3,(H,26,28)/t13-/m1/s1. The van der Waals surface area contributed by atoms with Crippen molar-refractivity contribution in [3.63, 3.8) is 0 Å². The summed E-state index contributed by atoms with van der Waals surface area (Å²) in [6, 6.07) is 9.32. The molecule has 2 aromatic carbocycles. The third-order valence-corrected chi connectivity index (χ3v) is 5.26. The fraction of sp³-hybridized carbons (Fsp3) is 0.238. The van der Waals surface area contributed by atoms with Crippen LogP contribution in [0.3, 0.4) is 0 Å². The number of aromatic nitrogens is 1. The van der Waals surface area contributed by atoms with Gasteiger partial charge >= 0.3 is 6.18 Å². The second-order valence-corrected chi connectivity index (χ2v) is 9.02. The number of carbonyl (C=O) groups is 1. The minimum Gasteiger partial charge on any atom is -0.345 e. The highest BCUT2D eigenvalue weighted by Gasteiger charge is 2.30. The Labute approximate surface area is 177 Å². The van der Waals surface area contributed by atoms with E-state index in [1.165, 1.54) is 18.3 Å². The maximum Gasteiger partial charge on any atom is 0.416 e. The van der Waals surface area contributed by atoms with E-state index in [4.69, 9.17) is 0 Å². The van der Waals surface area contributed by atoms with Crippen LogP contribution in [-0.2, 0) is 16.2 Å². The molecule has 0 aliphatic rings. The Kier molecular flexibility index (Phi) is 5.95. The van der Waals surface area contributed by atoms with E-state index in [0.29, 0.717) is 16.6 Å². The summed E-state index contributed by atoms with van der Waals surface area (Å²) in [6.07, 6.45) is -2.18. The molecule has 1 atom stereocenters. The number of halogens is 3. The van der Waals surface area contributed by atoms with Gasteiger partial charge in [-0.2, -0.15) is 13.2 Å². The van der Waals surface area contributed by atoms with Gasteiger partial charge in [0.25, 0.3) is 5.91 Å². The van der Waals surface area contributed by atoms with Crippen LogP contribution in [0.25, 0.3) is 10.9 Å². The Balaban J connectivity index is 1.77. The smallest absolute Gasteiger partial charge is 0.345 e. The summed E-state index contributed by atoms with van der Waals surface area (Å²) in [5.74, 6) is -0.433. The lowest BCUT2D eigenvalue weighted by atomic mass is 10.0. The van der Waals surface area contributed by atoms with Crippen LogP contribution in [0.1, 0.15) is 40.0 Å². The van der Waals surface area contributed by atoms with Gasteiger partial charge in [0.05, 0.1) is 34.6 Å². The molecule has 2 N–H and O–H groups in total. The molecule has 31 heavy (non-hydrogen) atoms. The average Bonchev–Trinajstić information content (AvgIpc) is 2.66. The van der Waals surface area contributed by atoms with Crippen molar-refractivity contribution in [2.75, 3.05) is 11.0 Å². The number of rotatable bonds is 5. The van der Waals surface area contributed by atoms with Crippen LogP contribution in [0.2, 0.25) is 0 Å². The lowest BCUT2D eigenvalue weighted by Crippen LogP contribution is -2.26. The number of amides is 1. The molecule has 0 aliphatic carbocycles. The topological polar surface area (TPSA) is 88.2 Å². The molecule has 0 fully saturated rings. The van der Waals surface area contributed by atoms with Gasteiger partial charge in [-0.25, -0.2) is 8.42 Å².